The molecule has 1 saturated carbocycles. The highest BCUT2D eigenvalue weighted by Crippen LogP contribution is 2.49. The van der Waals surface area contributed by atoms with Gasteiger partial charge in [-0.3, -0.25) is 9.78 Å². The number of hydrogen-bond acceptors (Lipinski definition) is 4. The van der Waals surface area contributed by atoms with E-state index < -0.39 is 16.1 Å². The van der Waals surface area contributed by atoms with Crippen LogP contribution in [0.15, 0.2) is 95.9 Å². The maximum absolute atomic E-state index is 14.0. The number of carbonyl (C=O) groups is 1. The second-order valence-electron chi connectivity index (χ2n) is 10.6. The van der Waals surface area contributed by atoms with E-state index in [0.717, 1.165) is 41.0 Å². The van der Waals surface area contributed by atoms with Crippen molar-refractivity contribution >= 4 is 33.2 Å². The number of aromatic nitrogens is 1. The van der Waals surface area contributed by atoms with Gasteiger partial charge < -0.3 is 4.90 Å². The van der Waals surface area contributed by atoms with Crippen LogP contribution >= 0.6 is 11.6 Å². The molecular weight excluding hydrogens is 542 g/mol. The monoisotopic (exact) mass is 571 g/mol. The topological polar surface area (TPSA) is 79.4 Å². The number of aryl methyl sites for hydroxylation is 2. The summed E-state index contributed by atoms with van der Waals surface area (Å²) in [6, 6.07) is 27.8. The third kappa shape index (κ3) is 5.55. The Hall–Kier alpha value is -3.52. The maximum Gasteiger partial charge on any atom is 0.241 e. The highest BCUT2D eigenvalue weighted by atomic mass is 35.5. The maximum atomic E-state index is 14.0. The van der Waals surface area contributed by atoms with Gasteiger partial charge >= 0.3 is 0 Å². The van der Waals surface area contributed by atoms with Gasteiger partial charge in [0.2, 0.25) is 15.9 Å². The summed E-state index contributed by atoms with van der Waals surface area (Å²) in [5.41, 5.74) is 5.61. The predicted molar refractivity (Wildman–Crippen MR) is 157 cm³/mol. The molecule has 4 aromatic rings. The molecule has 1 heterocycles. The van der Waals surface area contributed by atoms with E-state index in [1.807, 2.05) is 66.4 Å². The Kier molecular flexibility index (Phi) is 7.21. The van der Waals surface area contributed by atoms with Gasteiger partial charge in [0.15, 0.2) is 0 Å². The van der Waals surface area contributed by atoms with E-state index in [1.54, 1.807) is 12.1 Å². The van der Waals surface area contributed by atoms with Crippen LogP contribution in [0, 0.1) is 12.8 Å². The van der Waals surface area contributed by atoms with E-state index >= 15 is 0 Å². The lowest BCUT2D eigenvalue weighted by Crippen LogP contribution is -2.33. The summed E-state index contributed by atoms with van der Waals surface area (Å²) >= 11 is 6.06. The number of nitrogens with zero attached hydrogens (tertiary/aromatic N) is 2. The summed E-state index contributed by atoms with van der Waals surface area (Å²) in [6.07, 6.45) is 2.21. The Morgan fingerprint density at radius 1 is 1.00 bits per heavy atom. The molecule has 0 radical (unpaired) electrons. The highest BCUT2D eigenvalue weighted by molar-refractivity contribution is 7.89. The number of halogens is 1. The first-order chi connectivity index (χ1) is 19.3. The molecule has 1 N–H and O–H groups in total. The minimum absolute atomic E-state index is 0.0613. The van der Waals surface area contributed by atoms with E-state index in [1.165, 1.54) is 17.7 Å². The molecule has 0 spiro atoms. The molecule has 204 valence electrons. The number of hydrogen-bond donors (Lipinski definition) is 1. The molecule has 1 amide bonds. The van der Waals surface area contributed by atoms with Gasteiger partial charge in [-0.05, 0) is 91.3 Å². The van der Waals surface area contributed by atoms with Gasteiger partial charge in [-0.1, -0.05) is 60.1 Å². The lowest BCUT2D eigenvalue weighted by Gasteiger charge is -2.25. The van der Waals surface area contributed by atoms with E-state index in [0.29, 0.717) is 18.0 Å². The number of fused-ring (bicyclic) bond motifs is 1. The second-order valence-corrected chi connectivity index (χ2v) is 12.8. The third-order valence-corrected chi connectivity index (χ3v) is 9.49. The molecule has 1 aromatic heterocycles. The van der Waals surface area contributed by atoms with Crippen LogP contribution in [0.5, 0.6) is 0 Å². The van der Waals surface area contributed by atoms with Crippen molar-refractivity contribution in [3.63, 3.8) is 0 Å². The van der Waals surface area contributed by atoms with Crippen LogP contribution in [0.1, 0.15) is 52.9 Å². The molecule has 0 bridgehead atoms. The Morgan fingerprint density at radius 3 is 2.58 bits per heavy atom. The van der Waals surface area contributed by atoms with E-state index in [-0.39, 0.29) is 22.6 Å². The lowest BCUT2D eigenvalue weighted by molar-refractivity contribution is -0.120. The molecule has 0 unspecified atom stereocenters. The molecule has 2 aliphatic carbocycles. The first-order valence-corrected chi connectivity index (χ1v) is 15.3. The number of nitrogens with one attached hydrogen (secondary N) is 1. The van der Waals surface area contributed by atoms with Crippen LogP contribution in [0.4, 0.5) is 5.69 Å². The van der Waals surface area contributed by atoms with Crippen molar-refractivity contribution in [3.8, 4) is 0 Å². The average molecular weight is 572 g/mol. The first kappa shape index (κ1) is 26.7. The number of sulfonamides is 1. The van der Waals surface area contributed by atoms with Gasteiger partial charge in [0.05, 0.1) is 17.1 Å². The molecule has 2 aliphatic rings. The van der Waals surface area contributed by atoms with Crippen LogP contribution in [0.3, 0.4) is 0 Å². The van der Waals surface area contributed by atoms with Crippen molar-refractivity contribution in [2.24, 2.45) is 5.92 Å². The zero-order valence-corrected chi connectivity index (χ0v) is 23.7. The zero-order valence-electron chi connectivity index (χ0n) is 22.1. The predicted octanol–water partition coefficient (Wildman–Crippen LogP) is 6.35. The molecule has 40 heavy (non-hydrogen) atoms. The van der Waals surface area contributed by atoms with Crippen LogP contribution in [0.25, 0.3) is 0 Å². The van der Waals surface area contributed by atoms with Crippen molar-refractivity contribution < 1.29 is 13.2 Å². The molecule has 6 nitrogen and oxygen atoms in total. The zero-order chi connectivity index (χ0) is 27.9. The second kappa shape index (κ2) is 10.8. The Balaban J connectivity index is 1.30. The van der Waals surface area contributed by atoms with Gasteiger partial charge in [0.25, 0.3) is 0 Å². The normalized spacial score (nSPS) is 19.7. The smallest absolute Gasteiger partial charge is 0.241 e. The summed E-state index contributed by atoms with van der Waals surface area (Å²) in [5, 5.41) is 0.366. The van der Waals surface area contributed by atoms with Gasteiger partial charge in [-0.25, -0.2) is 13.1 Å². The first-order valence-electron chi connectivity index (χ1n) is 13.5. The van der Waals surface area contributed by atoms with E-state index in [2.05, 4.69) is 21.8 Å². The number of anilines is 1. The summed E-state index contributed by atoms with van der Waals surface area (Å²) in [6.45, 7) is 2.28. The number of amides is 1. The molecule has 6 rings (SSSR count). The molecule has 0 aliphatic heterocycles. The number of benzene rings is 3. The van der Waals surface area contributed by atoms with Crippen LogP contribution in [-0.2, 0) is 27.8 Å². The van der Waals surface area contributed by atoms with Crippen molar-refractivity contribution in [2.75, 3.05) is 4.90 Å². The summed E-state index contributed by atoms with van der Waals surface area (Å²) in [4.78, 5) is 20.6. The van der Waals surface area contributed by atoms with Gasteiger partial charge in [0, 0.05) is 28.4 Å². The standard InChI is InChI=1S/C32H30ClN3O3S/c1-21-7-5-11-25(34-21)20-36(32(37)30-19-28(30)22-8-3-2-4-9-22)26-15-13-23-14-16-31(29(23)18-26)35-40(38,39)27-12-6-10-24(33)17-27/h2-13,15,17-18,28,30-31,35H,14,16,19-20H2,1H3/t28-,30-,31-/m1/s1. The van der Waals surface area contributed by atoms with Crippen LogP contribution in [0.2, 0.25) is 5.02 Å². The Morgan fingerprint density at radius 2 is 1.80 bits per heavy atom. The fourth-order valence-corrected chi connectivity index (χ4v) is 7.20. The fraction of sp³-hybridized carbons (Fsp3) is 0.250. The van der Waals surface area contributed by atoms with Crippen molar-refractivity contribution in [3.05, 3.63) is 124 Å². The number of rotatable bonds is 8. The van der Waals surface area contributed by atoms with Crippen molar-refractivity contribution in [1.29, 1.82) is 0 Å². The largest absolute Gasteiger partial charge is 0.306 e. The molecule has 0 saturated heterocycles. The summed E-state index contributed by atoms with van der Waals surface area (Å²) in [5.74, 6) is 0.164. The fourth-order valence-electron chi connectivity index (χ4n) is 5.65. The minimum atomic E-state index is -3.78. The molecule has 3 atom stereocenters. The summed E-state index contributed by atoms with van der Waals surface area (Å²) in [7, 11) is -3.78. The van der Waals surface area contributed by atoms with Crippen molar-refractivity contribution in [2.45, 2.75) is 49.6 Å². The van der Waals surface area contributed by atoms with E-state index in [9.17, 15) is 13.2 Å². The SMILES string of the molecule is Cc1cccc(CN(C(=O)[C@@H]2C[C@@H]2c2ccccc2)c2ccc3c(c2)[C@H](NS(=O)(=O)c2cccc(Cl)c2)CC3)n1. The molecule has 3 aromatic carbocycles. The van der Waals surface area contributed by atoms with Crippen molar-refractivity contribution in [1.82, 2.24) is 9.71 Å². The van der Waals surface area contributed by atoms with Gasteiger partial charge in [-0.15, -0.1) is 0 Å². The highest BCUT2D eigenvalue weighted by Gasteiger charge is 2.46. The Labute approximate surface area is 240 Å². The van der Waals surface area contributed by atoms with E-state index in [4.69, 9.17) is 11.6 Å². The lowest BCUT2D eigenvalue weighted by atomic mass is 10.1. The Bertz CT molecular complexity index is 1680. The molecular formula is C32H30ClN3O3S. The molecule has 8 heteroatoms. The number of carbonyl (C=O) groups excluding carboxylic acids is 1. The minimum Gasteiger partial charge on any atom is -0.306 e. The molecule has 1 fully saturated rings. The summed E-state index contributed by atoms with van der Waals surface area (Å²) < 4.78 is 29.2. The van der Waals surface area contributed by atoms with Gasteiger partial charge in [0.1, 0.15) is 0 Å². The number of pyridine rings is 1. The van der Waals surface area contributed by atoms with Gasteiger partial charge in [-0.2, -0.15) is 0 Å². The third-order valence-electron chi connectivity index (χ3n) is 7.79. The quantitative estimate of drug-likeness (QED) is 0.267. The van der Waals surface area contributed by atoms with Crippen LogP contribution < -0.4 is 9.62 Å². The average Bonchev–Trinajstić information content (AvgIpc) is 3.67. The van der Waals surface area contributed by atoms with Crippen LogP contribution in [-0.4, -0.2) is 19.3 Å².